The molecule has 20 heavy (non-hydrogen) atoms. The summed E-state index contributed by atoms with van der Waals surface area (Å²) in [7, 11) is 0. The van der Waals surface area contributed by atoms with Gasteiger partial charge in [-0.25, -0.2) is 4.39 Å². The molecule has 0 amide bonds. The zero-order chi connectivity index (χ0) is 14.7. The van der Waals surface area contributed by atoms with Crippen LogP contribution in [-0.4, -0.2) is 4.92 Å². The quantitative estimate of drug-likeness (QED) is 0.684. The van der Waals surface area contributed by atoms with Gasteiger partial charge < -0.3 is 10.5 Å². The maximum atomic E-state index is 13.8. The molecule has 104 valence electrons. The summed E-state index contributed by atoms with van der Waals surface area (Å²) < 4.78 is 19.2. The normalized spacial score (nSPS) is 11.9. The Kier molecular flexibility index (Phi) is 3.95. The number of non-ortho nitro benzene ring substituents is 1. The topological polar surface area (TPSA) is 78.4 Å². The standard InChI is InChI=1S/C14H13FN2O3/c1-9(16)10-2-7-14(13(15)8-10)20-12-5-3-11(4-6-12)17(18)19/h2-9H,16H2,1H3/t9-/m0/s1. The molecule has 0 unspecified atom stereocenters. The van der Waals surface area contributed by atoms with Gasteiger partial charge in [-0.05, 0) is 36.8 Å². The molecule has 2 rings (SSSR count). The van der Waals surface area contributed by atoms with Crippen LogP contribution in [0.4, 0.5) is 10.1 Å². The summed E-state index contributed by atoms with van der Waals surface area (Å²) >= 11 is 0. The maximum Gasteiger partial charge on any atom is 0.269 e. The van der Waals surface area contributed by atoms with Crippen molar-refractivity contribution in [2.24, 2.45) is 5.73 Å². The van der Waals surface area contributed by atoms with E-state index in [1.165, 1.54) is 36.4 Å². The van der Waals surface area contributed by atoms with Crippen LogP contribution >= 0.6 is 0 Å². The van der Waals surface area contributed by atoms with Crippen molar-refractivity contribution in [3.63, 3.8) is 0 Å². The number of nitro groups is 1. The van der Waals surface area contributed by atoms with Gasteiger partial charge in [-0.3, -0.25) is 10.1 Å². The Labute approximate surface area is 114 Å². The number of hydrogen-bond acceptors (Lipinski definition) is 4. The van der Waals surface area contributed by atoms with E-state index in [1.807, 2.05) is 0 Å². The van der Waals surface area contributed by atoms with Gasteiger partial charge in [0, 0.05) is 18.2 Å². The molecule has 1 atom stereocenters. The average molecular weight is 276 g/mol. The second-order valence-electron chi connectivity index (χ2n) is 4.33. The lowest BCUT2D eigenvalue weighted by molar-refractivity contribution is -0.384. The molecule has 0 aliphatic carbocycles. The summed E-state index contributed by atoms with van der Waals surface area (Å²) in [5.74, 6) is -0.163. The molecule has 2 aromatic rings. The number of benzene rings is 2. The van der Waals surface area contributed by atoms with Crippen LogP contribution in [-0.2, 0) is 0 Å². The first kappa shape index (κ1) is 14.0. The molecule has 0 aliphatic rings. The smallest absolute Gasteiger partial charge is 0.269 e. The molecule has 0 spiro atoms. The first-order valence-electron chi connectivity index (χ1n) is 5.94. The molecule has 2 aromatic carbocycles. The molecular formula is C14H13FN2O3. The highest BCUT2D eigenvalue weighted by atomic mass is 19.1. The lowest BCUT2D eigenvalue weighted by Gasteiger charge is -2.10. The lowest BCUT2D eigenvalue weighted by Crippen LogP contribution is -2.05. The van der Waals surface area contributed by atoms with E-state index >= 15 is 0 Å². The minimum Gasteiger partial charge on any atom is -0.454 e. The Balaban J connectivity index is 2.19. The van der Waals surface area contributed by atoms with Gasteiger partial charge in [0.15, 0.2) is 11.6 Å². The van der Waals surface area contributed by atoms with E-state index in [-0.39, 0.29) is 17.5 Å². The molecule has 0 aliphatic heterocycles. The minimum atomic E-state index is -0.529. The second kappa shape index (κ2) is 5.66. The van der Waals surface area contributed by atoms with E-state index in [9.17, 15) is 14.5 Å². The molecular weight excluding hydrogens is 263 g/mol. The first-order chi connectivity index (χ1) is 9.47. The van der Waals surface area contributed by atoms with Crippen LogP contribution in [0.15, 0.2) is 42.5 Å². The Morgan fingerprint density at radius 2 is 1.90 bits per heavy atom. The third-order valence-electron chi connectivity index (χ3n) is 2.76. The summed E-state index contributed by atoms with van der Waals surface area (Å²) in [5, 5.41) is 10.5. The predicted octanol–water partition coefficient (Wildman–Crippen LogP) is 3.55. The molecule has 0 fully saturated rings. The van der Waals surface area contributed by atoms with Crippen molar-refractivity contribution >= 4 is 5.69 Å². The highest BCUT2D eigenvalue weighted by molar-refractivity contribution is 5.39. The van der Waals surface area contributed by atoms with E-state index in [1.54, 1.807) is 13.0 Å². The lowest BCUT2D eigenvalue weighted by atomic mass is 10.1. The van der Waals surface area contributed by atoms with Crippen LogP contribution in [0.2, 0.25) is 0 Å². The summed E-state index contributed by atoms with van der Waals surface area (Å²) in [4.78, 5) is 10.0. The highest BCUT2D eigenvalue weighted by Gasteiger charge is 2.09. The van der Waals surface area contributed by atoms with Crippen LogP contribution in [0.1, 0.15) is 18.5 Å². The van der Waals surface area contributed by atoms with Crippen molar-refractivity contribution in [3.05, 3.63) is 64.0 Å². The number of rotatable bonds is 4. The van der Waals surface area contributed by atoms with Gasteiger partial charge in [-0.15, -0.1) is 0 Å². The monoisotopic (exact) mass is 276 g/mol. The zero-order valence-corrected chi connectivity index (χ0v) is 10.7. The van der Waals surface area contributed by atoms with E-state index in [4.69, 9.17) is 10.5 Å². The predicted molar refractivity (Wildman–Crippen MR) is 72.2 cm³/mol. The number of nitro benzene ring substituents is 1. The van der Waals surface area contributed by atoms with Crippen LogP contribution in [0.3, 0.4) is 0 Å². The Hall–Kier alpha value is -2.47. The number of halogens is 1. The van der Waals surface area contributed by atoms with Crippen LogP contribution in [0.25, 0.3) is 0 Å². The van der Waals surface area contributed by atoms with Crippen molar-refractivity contribution < 1.29 is 14.1 Å². The van der Waals surface area contributed by atoms with Crippen molar-refractivity contribution in [3.8, 4) is 11.5 Å². The summed E-state index contributed by atoms with van der Waals surface area (Å²) in [6, 6.07) is 9.62. The number of ether oxygens (including phenoxy) is 1. The third-order valence-corrected chi connectivity index (χ3v) is 2.76. The molecule has 6 heteroatoms. The SMILES string of the molecule is C[C@H](N)c1ccc(Oc2ccc([N+](=O)[O-])cc2)c(F)c1. The Bertz CT molecular complexity index is 627. The van der Waals surface area contributed by atoms with Gasteiger partial charge >= 0.3 is 0 Å². The number of nitrogens with two attached hydrogens (primary N) is 1. The van der Waals surface area contributed by atoms with Gasteiger partial charge in [0.2, 0.25) is 0 Å². The van der Waals surface area contributed by atoms with E-state index in [2.05, 4.69) is 0 Å². The van der Waals surface area contributed by atoms with Gasteiger partial charge in [-0.2, -0.15) is 0 Å². The Morgan fingerprint density at radius 1 is 1.25 bits per heavy atom. The molecule has 0 aromatic heterocycles. The fourth-order valence-electron chi connectivity index (χ4n) is 1.65. The van der Waals surface area contributed by atoms with Crippen LogP contribution in [0, 0.1) is 15.9 Å². The molecule has 0 radical (unpaired) electrons. The van der Waals surface area contributed by atoms with E-state index in [0.717, 1.165) is 0 Å². The zero-order valence-electron chi connectivity index (χ0n) is 10.7. The average Bonchev–Trinajstić information content (AvgIpc) is 2.41. The summed E-state index contributed by atoms with van der Waals surface area (Å²) in [5.41, 5.74) is 6.27. The summed E-state index contributed by atoms with van der Waals surface area (Å²) in [6.07, 6.45) is 0. The molecule has 0 saturated heterocycles. The second-order valence-corrected chi connectivity index (χ2v) is 4.33. The first-order valence-corrected chi connectivity index (χ1v) is 5.94. The van der Waals surface area contributed by atoms with Gasteiger partial charge in [0.05, 0.1) is 4.92 Å². The molecule has 5 nitrogen and oxygen atoms in total. The van der Waals surface area contributed by atoms with Crippen molar-refractivity contribution in [1.82, 2.24) is 0 Å². The number of nitrogens with zero attached hydrogens (tertiary/aromatic N) is 1. The van der Waals surface area contributed by atoms with Crippen molar-refractivity contribution in [1.29, 1.82) is 0 Å². The van der Waals surface area contributed by atoms with Crippen LogP contribution < -0.4 is 10.5 Å². The van der Waals surface area contributed by atoms with Gasteiger partial charge in [0.1, 0.15) is 5.75 Å². The van der Waals surface area contributed by atoms with Crippen molar-refractivity contribution in [2.75, 3.05) is 0 Å². The van der Waals surface area contributed by atoms with Gasteiger partial charge in [0.25, 0.3) is 5.69 Å². The molecule has 0 heterocycles. The Morgan fingerprint density at radius 3 is 2.40 bits per heavy atom. The minimum absolute atomic E-state index is 0.0447. The molecule has 2 N–H and O–H groups in total. The third kappa shape index (κ3) is 3.10. The largest absolute Gasteiger partial charge is 0.454 e. The fraction of sp³-hybridized carbons (Fsp3) is 0.143. The summed E-state index contributed by atoms with van der Waals surface area (Å²) in [6.45, 7) is 1.76. The maximum absolute atomic E-state index is 13.8. The van der Waals surface area contributed by atoms with E-state index in [0.29, 0.717) is 11.3 Å². The number of hydrogen-bond donors (Lipinski definition) is 1. The van der Waals surface area contributed by atoms with Gasteiger partial charge in [-0.1, -0.05) is 6.07 Å². The van der Waals surface area contributed by atoms with Crippen LogP contribution in [0.5, 0.6) is 11.5 Å². The van der Waals surface area contributed by atoms with E-state index < -0.39 is 10.7 Å². The highest BCUT2D eigenvalue weighted by Crippen LogP contribution is 2.27. The van der Waals surface area contributed by atoms with Crippen molar-refractivity contribution in [2.45, 2.75) is 13.0 Å². The fourth-order valence-corrected chi connectivity index (χ4v) is 1.65. The molecule has 0 saturated carbocycles. The molecule has 0 bridgehead atoms.